The Morgan fingerprint density at radius 1 is 1.43 bits per heavy atom. The second kappa shape index (κ2) is 4.30. The first kappa shape index (κ1) is 9.97. The summed E-state index contributed by atoms with van der Waals surface area (Å²) in [5, 5.41) is 3.40. The van der Waals surface area contributed by atoms with Gasteiger partial charge in [-0.1, -0.05) is 12.8 Å². The summed E-state index contributed by atoms with van der Waals surface area (Å²) < 4.78 is 5.03. The lowest BCUT2D eigenvalue weighted by Crippen LogP contribution is -2.38. The van der Waals surface area contributed by atoms with Crippen LogP contribution in [0.2, 0.25) is 0 Å². The van der Waals surface area contributed by atoms with E-state index in [0.717, 1.165) is 12.3 Å². The summed E-state index contributed by atoms with van der Waals surface area (Å²) in [4.78, 5) is 11.5. The van der Waals surface area contributed by atoms with E-state index < -0.39 is 0 Å². The Labute approximate surface area is 85.2 Å². The van der Waals surface area contributed by atoms with Crippen LogP contribution in [0.3, 0.4) is 0 Å². The van der Waals surface area contributed by atoms with E-state index in [1.54, 1.807) is 0 Å². The predicted octanol–water partition coefficient (Wildman–Crippen LogP) is 1.47. The van der Waals surface area contributed by atoms with Crippen LogP contribution >= 0.6 is 0 Å². The largest absolute Gasteiger partial charge is 0.465 e. The highest BCUT2D eigenvalue weighted by Crippen LogP contribution is 2.33. The number of carbonyl (C=O) groups is 1. The Morgan fingerprint density at radius 3 is 2.93 bits per heavy atom. The maximum Gasteiger partial charge on any atom is 0.323 e. The van der Waals surface area contributed by atoms with Crippen molar-refractivity contribution in [3.8, 4) is 0 Å². The van der Waals surface area contributed by atoms with Gasteiger partial charge in [0.2, 0.25) is 0 Å². The number of ether oxygens (including phenoxy) is 1. The lowest BCUT2D eigenvalue weighted by atomic mass is 9.85. The molecule has 2 rings (SSSR count). The minimum absolute atomic E-state index is 0.0250. The molecule has 0 aromatic rings. The van der Waals surface area contributed by atoms with E-state index in [2.05, 4.69) is 5.32 Å². The quantitative estimate of drug-likeness (QED) is 0.681. The zero-order valence-electron chi connectivity index (χ0n) is 8.79. The molecular weight excluding hydrogens is 178 g/mol. The second-order valence-corrected chi connectivity index (χ2v) is 4.36. The van der Waals surface area contributed by atoms with E-state index in [1.807, 2.05) is 6.92 Å². The molecule has 1 saturated heterocycles. The zero-order valence-corrected chi connectivity index (χ0v) is 8.79. The van der Waals surface area contributed by atoms with Crippen LogP contribution in [0, 0.1) is 5.92 Å². The van der Waals surface area contributed by atoms with Gasteiger partial charge in [-0.05, 0) is 32.1 Å². The van der Waals surface area contributed by atoms with Gasteiger partial charge in [-0.25, -0.2) is 0 Å². The molecule has 3 heteroatoms. The fraction of sp³-hybridized carbons (Fsp3) is 0.909. The van der Waals surface area contributed by atoms with Gasteiger partial charge in [0.15, 0.2) is 0 Å². The van der Waals surface area contributed by atoms with Gasteiger partial charge in [0, 0.05) is 6.04 Å². The Kier molecular flexibility index (Phi) is 3.06. The number of carbonyl (C=O) groups excluding carboxylic acids is 1. The summed E-state index contributed by atoms with van der Waals surface area (Å²) in [5.74, 6) is 0.667. The van der Waals surface area contributed by atoms with Crippen molar-refractivity contribution in [2.75, 3.05) is 6.61 Å². The third-order valence-corrected chi connectivity index (χ3v) is 3.43. The summed E-state index contributed by atoms with van der Waals surface area (Å²) in [6.07, 6.45) is 6.15. The van der Waals surface area contributed by atoms with Gasteiger partial charge in [-0.3, -0.25) is 4.79 Å². The molecule has 0 spiro atoms. The molecule has 1 saturated carbocycles. The Bertz CT molecular complexity index is 203. The maximum absolute atomic E-state index is 11.5. The molecule has 0 unspecified atom stereocenters. The third kappa shape index (κ3) is 1.92. The van der Waals surface area contributed by atoms with Crippen molar-refractivity contribution in [2.24, 2.45) is 5.92 Å². The predicted molar refractivity (Wildman–Crippen MR) is 53.9 cm³/mol. The molecule has 1 aliphatic heterocycles. The topological polar surface area (TPSA) is 38.3 Å². The van der Waals surface area contributed by atoms with Crippen molar-refractivity contribution in [3.05, 3.63) is 0 Å². The third-order valence-electron chi connectivity index (χ3n) is 3.43. The highest BCUT2D eigenvalue weighted by Gasteiger charge is 2.38. The first-order chi connectivity index (χ1) is 6.81. The lowest BCUT2D eigenvalue weighted by molar-refractivity contribution is -0.145. The molecule has 2 fully saturated rings. The van der Waals surface area contributed by atoms with Crippen molar-refractivity contribution in [2.45, 2.75) is 51.1 Å². The van der Waals surface area contributed by atoms with E-state index in [4.69, 9.17) is 4.74 Å². The molecule has 1 heterocycles. The first-order valence-electron chi connectivity index (χ1n) is 5.74. The number of esters is 1. The minimum atomic E-state index is -0.0538. The van der Waals surface area contributed by atoms with Crippen LogP contribution in [0.4, 0.5) is 0 Å². The van der Waals surface area contributed by atoms with Crippen molar-refractivity contribution < 1.29 is 9.53 Å². The molecule has 80 valence electrons. The monoisotopic (exact) mass is 197 g/mol. The van der Waals surface area contributed by atoms with Crippen LogP contribution in [-0.4, -0.2) is 24.7 Å². The van der Waals surface area contributed by atoms with Crippen molar-refractivity contribution >= 4 is 5.97 Å². The SMILES string of the molecule is CCOC(=O)[C@H]1C[C@H]2CCCC[C@H]2N1. The van der Waals surface area contributed by atoms with Gasteiger partial charge in [0.05, 0.1) is 6.61 Å². The molecule has 3 atom stereocenters. The van der Waals surface area contributed by atoms with E-state index in [-0.39, 0.29) is 12.0 Å². The highest BCUT2D eigenvalue weighted by molar-refractivity contribution is 5.76. The summed E-state index contributed by atoms with van der Waals surface area (Å²) >= 11 is 0. The number of hydrogen-bond donors (Lipinski definition) is 1. The Balaban J connectivity index is 1.89. The number of hydrogen-bond acceptors (Lipinski definition) is 3. The molecular formula is C11H19NO2. The molecule has 1 aliphatic carbocycles. The smallest absolute Gasteiger partial charge is 0.323 e. The second-order valence-electron chi connectivity index (χ2n) is 4.36. The van der Waals surface area contributed by atoms with Gasteiger partial charge < -0.3 is 10.1 Å². The maximum atomic E-state index is 11.5. The molecule has 0 amide bonds. The molecule has 0 aromatic carbocycles. The van der Waals surface area contributed by atoms with Crippen molar-refractivity contribution in [1.82, 2.24) is 5.32 Å². The minimum Gasteiger partial charge on any atom is -0.465 e. The number of rotatable bonds is 2. The van der Waals surface area contributed by atoms with Crippen LogP contribution < -0.4 is 5.32 Å². The molecule has 0 aromatic heterocycles. The van der Waals surface area contributed by atoms with Crippen LogP contribution in [0.1, 0.15) is 39.0 Å². The van der Waals surface area contributed by atoms with E-state index in [0.29, 0.717) is 12.6 Å². The standard InChI is InChI=1S/C11H19NO2/c1-2-14-11(13)10-7-8-5-3-4-6-9(8)12-10/h8-10,12H,2-7H2,1H3/t8-,9-,10-/m1/s1. The first-order valence-corrected chi connectivity index (χ1v) is 5.74. The van der Waals surface area contributed by atoms with E-state index in [1.165, 1.54) is 25.7 Å². The molecule has 0 bridgehead atoms. The van der Waals surface area contributed by atoms with E-state index in [9.17, 15) is 4.79 Å². The van der Waals surface area contributed by atoms with Crippen LogP contribution in [-0.2, 0) is 9.53 Å². The van der Waals surface area contributed by atoms with Gasteiger partial charge in [-0.15, -0.1) is 0 Å². The normalized spacial score (nSPS) is 36.5. The fourth-order valence-corrected chi connectivity index (χ4v) is 2.75. The summed E-state index contributed by atoms with van der Waals surface area (Å²) in [5.41, 5.74) is 0. The van der Waals surface area contributed by atoms with Crippen molar-refractivity contribution in [3.63, 3.8) is 0 Å². The van der Waals surface area contributed by atoms with Crippen LogP contribution in [0.5, 0.6) is 0 Å². The molecule has 14 heavy (non-hydrogen) atoms. The molecule has 0 radical (unpaired) electrons. The molecule has 3 nitrogen and oxygen atoms in total. The highest BCUT2D eigenvalue weighted by atomic mass is 16.5. The molecule has 2 aliphatic rings. The zero-order chi connectivity index (χ0) is 9.97. The van der Waals surface area contributed by atoms with Gasteiger partial charge in [-0.2, -0.15) is 0 Å². The van der Waals surface area contributed by atoms with Crippen molar-refractivity contribution in [1.29, 1.82) is 0 Å². The Hall–Kier alpha value is -0.570. The summed E-state index contributed by atoms with van der Waals surface area (Å²) in [7, 11) is 0. The van der Waals surface area contributed by atoms with Gasteiger partial charge in [0.1, 0.15) is 6.04 Å². The number of fused-ring (bicyclic) bond motifs is 1. The lowest BCUT2D eigenvalue weighted by Gasteiger charge is -2.24. The van der Waals surface area contributed by atoms with Gasteiger partial charge >= 0.3 is 5.97 Å². The molecule has 1 N–H and O–H groups in total. The van der Waals surface area contributed by atoms with E-state index >= 15 is 0 Å². The summed E-state index contributed by atoms with van der Waals surface area (Å²) in [6, 6.07) is 0.557. The van der Waals surface area contributed by atoms with Crippen LogP contribution in [0.25, 0.3) is 0 Å². The number of nitrogens with one attached hydrogen (secondary N) is 1. The average Bonchev–Trinajstić information content (AvgIpc) is 2.61. The summed E-state index contributed by atoms with van der Waals surface area (Å²) in [6.45, 7) is 2.35. The fourth-order valence-electron chi connectivity index (χ4n) is 2.75. The van der Waals surface area contributed by atoms with Gasteiger partial charge in [0.25, 0.3) is 0 Å². The average molecular weight is 197 g/mol. The van der Waals surface area contributed by atoms with Crippen LogP contribution in [0.15, 0.2) is 0 Å². The Morgan fingerprint density at radius 2 is 2.21 bits per heavy atom.